The van der Waals surface area contributed by atoms with Crippen molar-refractivity contribution in [1.29, 1.82) is 0 Å². The second kappa shape index (κ2) is 11.6. The zero-order chi connectivity index (χ0) is 25.6. The van der Waals surface area contributed by atoms with Crippen molar-refractivity contribution in [3.8, 4) is 0 Å². The van der Waals surface area contributed by atoms with Gasteiger partial charge in [-0.15, -0.1) is 6.58 Å². The number of fused-ring (bicyclic) bond motifs is 3. The van der Waals surface area contributed by atoms with Crippen LogP contribution >= 0.6 is 15.9 Å². The molecule has 35 heavy (non-hydrogen) atoms. The van der Waals surface area contributed by atoms with Crippen LogP contribution < -0.4 is 0 Å². The number of aryl methyl sites for hydroxylation is 1. The molecule has 1 aromatic heterocycles. The normalized spacial score (nSPS) is 23.9. The number of alkyl halides is 1. The third kappa shape index (κ3) is 5.31. The van der Waals surface area contributed by atoms with E-state index in [-0.39, 0.29) is 5.92 Å². The van der Waals surface area contributed by atoms with E-state index in [1.165, 1.54) is 12.0 Å². The van der Waals surface area contributed by atoms with E-state index in [1.54, 1.807) is 6.08 Å². The van der Waals surface area contributed by atoms with Crippen LogP contribution in [-0.4, -0.2) is 4.98 Å². The van der Waals surface area contributed by atoms with Crippen LogP contribution in [0, 0.1) is 12.8 Å². The molecule has 1 nitrogen and oxygen atoms in total. The minimum atomic E-state index is -1.43. The maximum Gasteiger partial charge on any atom is 0.163 e. The van der Waals surface area contributed by atoms with E-state index in [9.17, 15) is 0 Å². The monoisotopic (exact) mass is 535 g/mol. The number of pyridine rings is 1. The molecule has 0 radical (unpaired) electrons. The molecule has 3 heteroatoms. The number of hydrogen-bond donors (Lipinski definition) is 0. The second-order valence-corrected chi connectivity index (χ2v) is 11.1. The Hall–Kier alpha value is -2.26. The Bertz CT molecular complexity index is 1110. The van der Waals surface area contributed by atoms with Gasteiger partial charge < -0.3 is 0 Å². The van der Waals surface area contributed by atoms with Gasteiger partial charge in [-0.1, -0.05) is 97.7 Å². The Morgan fingerprint density at radius 1 is 1.14 bits per heavy atom. The third-order valence-electron chi connectivity index (χ3n) is 7.41. The van der Waals surface area contributed by atoms with Crippen LogP contribution in [0.4, 0.5) is 4.39 Å². The molecule has 0 spiro atoms. The molecule has 3 aromatic rings. The molecule has 3 atom stereocenters. The number of allylic oxidation sites excluding steroid dienone is 1. The summed E-state index contributed by atoms with van der Waals surface area (Å²) in [4.78, 5) is 4.61. The van der Waals surface area contributed by atoms with E-state index in [2.05, 4.69) is 90.7 Å². The average Bonchev–Trinajstić information content (AvgIpc) is 3.27. The smallest absolute Gasteiger partial charge is 0.163 e. The van der Waals surface area contributed by atoms with Gasteiger partial charge in [-0.05, 0) is 79.3 Å². The van der Waals surface area contributed by atoms with Crippen molar-refractivity contribution in [2.24, 2.45) is 5.92 Å². The van der Waals surface area contributed by atoms with Crippen molar-refractivity contribution in [2.45, 2.75) is 77.3 Å². The summed E-state index contributed by atoms with van der Waals surface area (Å²) < 4.78 is 17.9. The number of halogens is 2. The highest BCUT2D eigenvalue weighted by molar-refractivity contribution is 9.10. The molecule has 0 saturated heterocycles. The van der Waals surface area contributed by atoms with Crippen LogP contribution in [0.15, 0.2) is 84.0 Å². The largest absolute Gasteiger partial charge is 0.257 e. The summed E-state index contributed by atoms with van der Waals surface area (Å²) in [5.41, 5.74) is 3.11. The minimum Gasteiger partial charge on any atom is -0.257 e. The highest BCUT2D eigenvalue weighted by atomic mass is 79.9. The SMILES string of the molecule is C=CC.CCC(C)C.Cc1cnc2c(c1)CC1(c3ccc(Br)cc3)C(c3ccccc3)CCC21F. The summed E-state index contributed by atoms with van der Waals surface area (Å²) >= 11 is 3.53. The number of nitrogens with zero attached hydrogens (tertiary/aromatic N) is 1. The molecule has 0 aliphatic heterocycles. The molecule has 1 fully saturated rings. The van der Waals surface area contributed by atoms with E-state index in [4.69, 9.17) is 0 Å². The Morgan fingerprint density at radius 2 is 1.74 bits per heavy atom. The van der Waals surface area contributed by atoms with Crippen molar-refractivity contribution >= 4 is 15.9 Å². The minimum absolute atomic E-state index is 0.138. The fourth-order valence-electron chi connectivity index (χ4n) is 5.52. The van der Waals surface area contributed by atoms with E-state index in [1.807, 2.05) is 38.2 Å². The lowest BCUT2D eigenvalue weighted by Gasteiger charge is -2.40. The van der Waals surface area contributed by atoms with Crippen LogP contribution in [0.1, 0.15) is 80.8 Å². The average molecular weight is 537 g/mol. The van der Waals surface area contributed by atoms with Crippen molar-refractivity contribution in [3.63, 3.8) is 0 Å². The van der Waals surface area contributed by atoms with E-state index >= 15 is 4.39 Å². The highest BCUT2D eigenvalue weighted by Gasteiger charge is 2.67. The fraction of sp³-hybridized carbons (Fsp3) is 0.406. The van der Waals surface area contributed by atoms with Gasteiger partial charge in [0.25, 0.3) is 0 Å². The molecule has 0 N–H and O–H groups in total. The van der Waals surface area contributed by atoms with E-state index in [0.29, 0.717) is 18.5 Å². The van der Waals surface area contributed by atoms with Gasteiger partial charge >= 0.3 is 0 Å². The summed E-state index contributed by atoms with van der Waals surface area (Å²) in [5.74, 6) is 1.02. The van der Waals surface area contributed by atoms with Crippen molar-refractivity contribution in [1.82, 2.24) is 4.98 Å². The predicted molar refractivity (Wildman–Crippen MR) is 151 cm³/mol. The summed E-state index contributed by atoms with van der Waals surface area (Å²) in [6.45, 7) is 13.9. The molecule has 186 valence electrons. The van der Waals surface area contributed by atoms with Crippen molar-refractivity contribution in [3.05, 3.63) is 112 Å². The molecule has 5 rings (SSSR count). The van der Waals surface area contributed by atoms with Crippen LogP contribution in [0.5, 0.6) is 0 Å². The summed E-state index contributed by atoms with van der Waals surface area (Å²) in [5, 5.41) is 0. The molecule has 3 unspecified atom stereocenters. The topological polar surface area (TPSA) is 12.9 Å². The number of benzene rings is 2. The fourth-order valence-corrected chi connectivity index (χ4v) is 5.78. The second-order valence-electron chi connectivity index (χ2n) is 10.2. The third-order valence-corrected chi connectivity index (χ3v) is 7.93. The summed E-state index contributed by atoms with van der Waals surface area (Å²) in [6.07, 6.45) is 6.93. The molecule has 1 saturated carbocycles. The van der Waals surface area contributed by atoms with Gasteiger partial charge in [-0.25, -0.2) is 4.39 Å². The number of hydrogen-bond acceptors (Lipinski definition) is 1. The Morgan fingerprint density at radius 3 is 2.31 bits per heavy atom. The van der Waals surface area contributed by atoms with Gasteiger partial charge in [0.1, 0.15) is 0 Å². The lowest BCUT2D eigenvalue weighted by atomic mass is 9.64. The summed E-state index contributed by atoms with van der Waals surface area (Å²) in [6, 6.07) is 20.8. The molecule has 2 aliphatic rings. The molecule has 2 aromatic carbocycles. The van der Waals surface area contributed by atoms with Gasteiger partial charge in [0.15, 0.2) is 5.67 Å². The Labute approximate surface area is 220 Å². The van der Waals surface area contributed by atoms with Crippen molar-refractivity contribution < 1.29 is 4.39 Å². The molecule has 1 heterocycles. The van der Waals surface area contributed by atoms with Gasteiger partial charge in [0.05, 0.1) is 5.69 Å². The van der Waals surface area contributed by atoms with E-state index < -0.39 is 11.1 Å². The first kappa shape index (κ1) is 27.3. The predicted octanol–water partition coefficient (Wildman–Crippen LogP) is 9.63. The van der Waals surface area contributed by atoms with Crippen LogP contribution in [-0.2, 0) is 17.5 Å². The van der Waals surface area contributed by atoms with Crippen LogP contribution in [0.25, 0.3) is 0 Å². The first-order valence-corrected chi connectivity index (χ1v) is 13.6. The first-order valence-electron chi connectivity index (χ1n) is 12.8. The van der Waals surface area contributed by atoms with Gasteiger partial charge in [0.2, 0.25) is 0 Å². The Balaban J connectivity index is 0.000000377. The maximum absolute atomic E-state index is 16.9. The van der Waals surface area contributed by atoms with Gasteiger partial charge in [0, 0.05) is 16.1 Å². The van der Waals surface area contributed by atoms with Gasteiger partial charge in [-0.2, -0.15) is 0 Å². The zero-order valence-corrected chi connectivity index (χ0v) is 23.4. The van der Waals surface area contributed by atoms with Crippen LogP contribution in [0.2, 0.25) is 0 Å². The highest BCUT2D eigenvalue weighted by Crippen LogP contribution is 2.67. The number of aromatic nitrogens is 1. The standard InChI is InChI=1S/C24H21BrFN.C5H12.C3H6/c1-16-13-18-14-23(19-7-9-20(25)10-8-19)21(17-5-3-2-4-6-17)11-12-24(23,26)22(18)27-15-16;1-4-5(2)3;1-3-2/h2-10,13,15,21H,11-12,14H2,1H3;5H,4H2,1-3H3;3H,1H2,2H3. The molecule has 0 bridgehead atoms. The quantitative estimate of drug-likeness (QED) is 0.304. The van der Waals surface area contributed by atoms with Crippen molar-refractivity contribution in [2.75, 3.05) is 0 Å². The lowest BCUT2D eigenvalue weighted by molar-refractivity contribution is 0.0826. The number of rotatable bonds is 3. The first-order chi connectivity index (χ1) is 16.7. The van der Waals surface area contributed by atoms with E-state index in [0.717, 1.165) is 33.5 Å². The Kier molecular flexibility index (Phi) is 9.10. The molecule has 0 amide bonds. The molecular weight excluding hydrogens is 497 g/mol. The summed E-state index contributed by atoms with van der Waals surface area (Å²) in [7, 11) is 0. The molecular formula is C32H39BrFN. The van der Waals surface area contributed by atoms with Gasteiger partial charge in [-0.3, -0.25) is 4.98 Å². The zero-order valence-electron chi connectivity index (χ0n) is 21.8. The molecule has 2 aliphatic carbocycles. The lowest BCUT2D eigenvalue weighted by Crippen LogP contribution is -2.42. The maximum atomic E-state index is 16.9. The van der Waals surface area contributed by atoms with Crippen LogP contribution in [0.3, 0.4) is 0 Å².